The first-order valence-corrected chi connectivity index (χ1v) is 5.50. The standard InChI is InChI=1S/C15H10NO.Ir/c17-15-13-9-5-4-8-12(13)10-16-14(15)11-6-2-1-3-7-11;/h1-6,8-9H,10H2;/q-1;. The van der Waals surface area contributed by atoms with E-state index in [2.05, 4.69) is 11.1 Å². The van der Waals surface area contributed by atoms with Crippen LogP contribution < -0.4 is 0 Å². The van der Waals surface area contributed by atoms with E-state index in [1.54, 1.807) is 6.07 Å². The Hall–Kier alpha value is -1.57. The van der Waals surface area contributed by atoms with Crippen molar-refractivity contribution in [3.05, 3.63) is 71.3 Å². The molecule has 0 atom stereocenters. The first kappa shape index (κ1) is 12.9. The van der Waals surface area contributed by atoms with Crippen LogP contribution in [-0.2, 0) is 26.7 Å². The van der Waals surface area contributed by atoms with Gasteiger partial charge in [-0.25, -0.2) is 0 Å². The number of carbonyl (C=O) groups is 1. The van der Waals surface area contributed by atoms with Gasteiger partial charge in [0.15, 0.2) is 5.78 Å². The molecule has 0 aliphatic carbocycles. The third-order valence-corrected chi connectivity index (χ3v) is 2.85. The fourth-order valence-corrected chi connectivity index (χ4v) is 1.99. The number of fused-ring (bicyclic) bond motifs is 1. The first-order chi connectivity index (χ1) is 8.36. The van der Waals surface area contributed by atoms with Gasteiger partial charge in [0, 0.05) is 31.4 Å². The molecular formula is C15H10IrNO-. The SMILES string of the molecule is O=C1C(c2[c-]cccc2)=NCc2ccccc21.[Ir]. The minimum atomic E-state index is -0.00528. The number of carbonyl (C=O) groups excluding carboxylic acids is 1. The molecule has 1 aliphatic heterocycles. The Morgan fingerprint density at radius 2 is 1.83 bits per heavy atom. The predicted octanol–water partition coefficient (Wildman–Crippen LogP) is 2.67. The summed E-state index contributed by atoms with van der Waals surface area (Å²) in [7, 11) is 0. The third kappa shape index (κ3) is 2.20. The zero-order valence-electron chi connectivity index (χ0n) is 9.51. The van der Waals surface area contributed by atoms with Gasteiger partial charge in [-0.2, -0.15) is 0 Å². The number of benzene rings is 2. The molecule has 0 fully saturated rings. The molecule has 0 saturated carbocycles. The Kier molecular flexibility index (Phi) is 3.85. The fourth-order valence-electron chi connectivity index (χ4n) is 1.99. The molecule has 0 N–H and O–H groups in total. The Morgan fingerprint density at radius 1 is 1.06 bits per heavy atom. The van der Waals surface area contributed by atoms with E-state index in [1.165, 1.54) is 0 Å². The molecular weight excluding hydrogens is 402 g/mol. The summed E-state index contributed by atoms with van der Waals surface area (Å²) in [4.78, 5) is 16.6. The zero-order chi connectivity index (χ0) is 11.7. The molecule has 0 spiro atoms. The van der Waals surface area contributed by atoms with Crippen LogP contribution in [0.3, 0.4) is 0 Å². The number of hydrogen-bond acceptors (Lipinski definition) is 2. The minimum absolute atomic E-state index is 0. The molecule has 2 aromatic rings. The number of nitrogens with zero attached hydrogens (tertiary/aromatic N) is 1. The van der Waals surface area contributed by atoms with Gasteiger partial charge in [-0.05, 0) is 5.56 Å². The molecule has 91 valence electrons. The van der Waals surface area contributed by atoms with Gasteiger partial charge < -0.3 is 4.99 Å². The summed E-state index contributed by atoms with van der Waals surface area (Å²) < 4.78 is 0. The molecule has 0 saturated heterocycles. The van der Waals surface area contributed by atoms with Crippen molar-refractivity contribution in [3.63, 3.8) is 0 Å². The van der Waals surface area contributed by atoms with E-state index in [0.717, 1.165) is 16.7 Å². The summed E-state index contributed by atoms with van der Waals surface area (Å²) in [6.45, 7) is 0.569. The monoisotopic (exact) mass is 413 g/mol. The van der Waals surface area contributed by atoms with Crippen molar-refractivity contribution in [2.75, 3.05) is 0 Å². The molecule has 1 aliphatic rings. The van der Waals surface area contributed by atoms with Crippen molar-refractivity contribution in [2.24, 2.45) is 4.99 Å². The number of hydrogen-bond donors (Lipinski definition) is 0. The Balaban J connectivity index is 0.00000120. The van der Waals surface area contributed by atoms with E-state index >= 15 is 0 Å². The van der Waals surface area contributed by atoms with Crippen molar-refractivity contribution in [3.8, 4) is 0 Å². The normalized spacial score (nSPS) is 13.3. The maximum Gasteiger partial charge on any atom is 0.170 e. The molecule has 2 nitrogen and oxygen atoms in total. The van der Waals surface area contributed by atoms with Gasteiger partial charge in [0.2, 0.25) is 0 Å². The van der Waals surface area contributed by atoms with Gasteiger partial charge in [-0.3, -0.25) is 4.79 Å². The topological polar surface area (TPSA) is 29.4 Å². The summed E-state index contributed by atoms with van der Waals surface area (Å²) in [6.07, 6.45) is 0. The molecule has 3 heteroatoms. The van der Waals surface area contributed by atoms with Crippen molar-refractivity contribution < 1.29 is 24.9 Å². The third-order valence-electron chi connectivity index (χ3n) is 2.85. The number of rotatable bonds is 1. The van der Waals surface area contributed by atoms with Gasteiger partial charge in [0.1, 0.15) is 0 Å². The second-order valence-corrected chi connectivity index (χ2v) is 3.93. The van der Waals surface area contributed by atoms with Gasteiger partial charge in [0.25, 0.3) is 0 Å². The van der Waals surface area contributed by atoms with Crippen molar-refractivity contribution >= 4 is 11.5 Å². The molecule has 18 heavy (non-hydrogen) atoms. The van der Waals surface area contributed by atoms with E-state index < -0.39 is 0 Å². The van der Waals surface area contributed by atoms with E-state index in [0.29, 0.717) is 12.3 Å². The Bertz CT molecular complexity index is 605. The molecule has 0 bridgehead atoms. The summed E-state index contributed by atoms with van der Waals surface area (Å²) in [5.74, 6) is -0.00528. The fraction of sp³-hybridized carbons (Fsp3) is 0.0667. The van der Waals surface area contributed by atoms with Crippen LogP contribution in [0.25, 0.3) is 0 Å². The Morgan fingerprint density at radius 3 is 2.61 bits per heavy atom. The van der Waals surface area contributed by atoms with Crippen molar-refractivity contribution in [1.29, 1.82) is 0 Å². The number of aliphatic imine (C=N–C) groups is 1. The zero-order valence-corrected chi connectivity index (χ0v) is 11.9. The smallest absolute Gasteiger partial charge is 0.170 e. The molecule has 2 aromatic carbocycles. The molecule has 3 rings (SSSR count). The maximum atomic E-state index is 12.3. The van der Waals surface area contributed by atoms with Gasteiger partial charge in [0.05, 0.1) is 6.54 Å². The summed E-state index contributed by atoms with van der Waals surface area (Å²) in [5.41, 5.74) is 3.04. The first-order valence-electron chi connectivity index (χ1n) is 5.50. The number of ketones is 1. The van der Waals surface area contributed by atoms with Gasteiger partial charge in [-0.15, -0.1) is 35.9 Å². The summed E-state index contributed by atoms with van der Waals surface area (Å²) in [6, 6.07) is 18.1. The summed E-state index contributed by atoms with van der Waals surface area (Å²) in [5, 5.41) is 0. The van der Waals surface area contributed by atoms with Crippen LogP contribution in [0.1, 0.15) is 21.5 Å². The van der Waals surface area contributed by atoms with Gasteiger partial charge in [-0.1, -0.05) is 24.3 Å². The molecule has 0 amide bonds. The second kappa shape index (κ2) is 5.38. The van der Waals surface area contributed by atoms with E-state index in [9.17, 15) is 4.79 Å². The van der Waals surface area contributed by atoms with Crippen LogP contribution >= 0.6 is 0 Å². The van der Waals surface area contributed by atoms with E-state index in [1.807, 2.05) is 42.5 Å². The molecule has 0 unspecified atom stereocenters. The van der Waals surface area contributed by atoms with Crippen LogP contribution in [0.2, 0.25) is 0 Å². The van der Waals surface area contributed by atoms with Crippen LogP contribution in [-0.4, -0.2) is 11.5 Å². The Labute approximate surface area is 119 Å². The van der Waals surface area contributed by atoms with Crippen molar-refractivity contribution in [2.45, 2.75) is 6.54 Å². The number of Topliss-reactive ketones (excluding diaryl/α,β-unsaturated/α-hetero) is 1. The second-order valence-electron chi connectivity index (χ2n) is 3.93. The summed E-state index contributed by atoms with van der Waals surface area (Å²) >= 11 is 0. The predicted molar refractivity (Wildman–Crippen MR) is 66.3 cm³/mol. The average Bonchev–Trinajstić information content (AvgIpc) is 2.40. The van der Waals surface area contributed by atoms with Crippen molar-refractivity contribution in [1.82, 2.24) is 0 Å². The van der Waals surface area contributed by atoms with Crippen LogP contribution in [0, 0.1) is 6.07 Å². The molecule has 1 heterocycles. The molecule has 0 aromatic heterocycles. The van der Waals surface area contributed by atoms with Crippen LogP contribution in [0.4, 0.5) is 0 Å². The molecule has 1 radical (unpaired) electrons. The van der Waals surface area contributed by atoms with E-state index in [-0.39, 0.29) is 25.9 Å². The van der Waals surface area contributed by atoms with Crippen LogP contribution in [0.5, 0.6) is 0 Å². The average molecular weight is 412 g/mol. The van der Waals surface area contributed by atoms with E-state index in [4.69, 9.17) is 0 Å². The van der Waals surface area contributed by atoms with Gasteiger partial charge >= 0.3 is 0 Å². The maximum absolute atomic E-state index is 12.3. The largest absolute Gasteiger partial charge is 0.324 e. The quantitative estimate of drug-likeness (QED) is 0.663. The minimum Gasteiger partial charge on any atom is -0.324 e. The van der Waals surface area contributed by atoms with Crippen LogP contribution in [0.15, 0.2) is 53.5 Å².